The molecular formula is C14H25N4O8P. The number of hydrogen-bond donors (Lipinski definition) is 5. The second-order valence-electron chi connectivity index (χ2n) is 6.26. The van der Waals surface area contributed by atoms with Gasteiger partial charge in [0.25, 0.3) is 0 Å². The molecule has 1 aliphatic rings. The Balaban J connectivity index is 2.93. The van der Waals surface area contributed by atoms with Gasteiger partial charge in [0.1, 0.15) is 18.4 Å². The summed E-state index contributed by atoms with van der Waals surface area (Å²) in [4.78, 5) is 66.5. The minimum Gasteiger partial charge on any atom is -0.345 e. The summed E-state index contributed by atoms with van der Waals surface area (Å²) in [7, 11) is -4.89. The van der Waals surface area contributed by atoms with Crippen molar-refractivity contribution >= 4 is 31.8 Å². The molecule has 12 nitrogen and oxygen atoms in total. The van der Waals surface area contributed by atoms with Gasteiger partial charge in [-0.25, -0.2) is 4.57 Å². The van der Waals surface area contributed by atoms with Crippen LogP contribution in [0.5, 0.6) is 0 Å². The standard InChI is InChI=1S/C14H25N4O8P/c1-8(6-19)16-13(21)11-4-3-5-18(11)14(22)10(7-26-27(23,24)25)17-12(20)9(2)15/h6,8-11H,3-5,7,15H2,1-2H3,(H,16,21)(H,17,20)(H2,23,24,25)/t8-,9-,10-,11-/m0/s1. The van der Waals surface area contributed by atoms with Gasteiger partial charge in [0, 0.05) is 6.54 Å². The average Bonchev–Trinajstić information content (AvgIpc) is 3.06. The zero-order valence-corrected chi connectivity index (χ0v) is 15.9. The molecule has 0 spiro atoms. The van der Waals surface area contributed by atoms with Crippen molar-refractivity contribution in [3.63, 3.8) is 0 Å². The smallest absolute Gasteiger partial charge is 0.345 e. The van der Waals surface area contributed by atoms with Crippen LogP contribution in [0.3, 0.4) is 0 Å². The van der Waals surface area contributed by atoms with Crippen LogP contribution in [0.25, 0.3) is 0 Å². The van der Waals surface area contributed by atoms with Gasteiger partial charge in [0.2, 0.25) is 17.7 Å². The molecule has 0 aromatic rings. The Morgan fingerprint density at radius 1 is 1.33 bits per heavy atom. The molecule has 6 N–H and O–H groups in total. The molecule has 154 valence electrons. The second kappa shape index (κ2) is 9.90. The summed E-state index contributed by atoms with van der Waals surface area (Å²) in [6.45, 7) is 2.25. The van der Waals surface area contributed by atoms with Gasteiger partial charge in [-0.2, -0.15) is 0 Å². The van der Waals surface area contributed by atoms with Crippen molar-refractivity contribution < 1.29 is 38.1 Å². The summed E-state index contributed by atoms with van der Waals surface area (Å²) in [5.41, 5.74) is 5.44. The molecule has 1 rings (SSSR count). The molecule has 3 amide bonds. The number of phosphoric ester groups is 1. The summed E-state index contributed by atoms with van der Waals surface area (Å²) >= 11 is 0. The van der Waals surface area contributed by atoms with Crippen molar-refractivity contribution in [2.24, 2.45) is 5.73 Å². The largest absolute Gasteiger partial charge is 0.469 e. The molecule has 0 aliphatic carbocycles. The third kappa shape index (κ3) is 7.35. The number of carbonyl (C=O) groups is 4. The maximum atomic E-state index is 12.8. The highest BCUT2D eigenvalue weighted by atomic mass is 31.2. The molecule has 13 heteroatoms. The molecule has 1 saturated heterocycles. The first-order valence-corrected chi connectivity index (χ1v) is 9.81. The Morgan fingerprint density at radius 3 is 2.48 bits per heavy atom. The molecule has 0 radical (unpaired) electrons. The van der Waals surface area contributed by atoms with Gasteiger partial charge in [-0.3, -0.25) is 18.9 Å². The van der Waals surface area contributed by atoms with Gasteiger partial charge in [-0.15, -0.1) is 0 Å². The molecule has 27 heavy (non-hydrogen) atoms. The van der Waals surface area contributed by atoms with E-state index >= 15 is 0 Å². The number of nitrogens with two attached hydrogens (primary N) is 1. The van der Waals surface area contributed by atoms with E-state index in [2.05, 4.69) is 15.2 Å². The Labute approximate surface area is 156 Å². The predicted octanol–water partition coefficient (Wildman–Crippen LogP) is -2.38. The van der Waals surface area contributed by atoms with Crippen LogP contribution in [0, 0.1) is 0 Å². The van der Waals surface area contributed by atoms with Gasteiger partial charge in [-0.1, -0.05) is 0 Å². The van der Waals surface area contributed by atoms with Crippen LogP contribution in [0.15, 0.2) is 0 Å². The van der Waals surface area contributed by atoms with Crippen LogP contribution in [-0.2, 0) is 28.3 Å². The normalized spacial score (nSPS) is 20.5. The fraction of sp³-hybridized carbons (Fsp3) is 0.714. The van der Waals surface area contributed by atoms with E-state index in [-0.39, 0.29) is 6.54 Å². The highest BCUT2D eigenvalue weighted by Crippen LogP contribution is 2.35. The van der Waals surface area contributed by atoms with E-state index in [1.54, 1.807) is 0 Å². The van der Waals surface area contributed by atoms with Crippen molar-refractivity contribution in [1.29, 1.82) is 0 Å². The van der Waals surface area contributed by atoms with Gasteiger partial charge in [0.15, 0.2) is 0 Å². The van der Waals surface area contributed by atoms with E-state index in [1.807, 2.05) is 0 Å². The van der Waals surface area contributed by atoms with Crippen molar-refractivity contribution in [2.75, 3.05) is 13.2 Å². The molecule has 1 fully saturated rings. The molecule has 0 aromatic heterocycles. The zero-order chi connectivity index (χ0) is 20.8. The van der Waals surface area contributed by atoms with Crippen LogP contribution in [0.1, 0.15) is 26.7 Å². The fourth-order valence-corrected chi connectivity index (χ4v) is 2.85. The molecular weight excluding hydrogens is 383 g/mol. The van der Waals surface area contributed by atoms with Crippen LogP contribution in [0.4, 0.5) is 0 Å². The lowest BCUT2D eigenvalue weighted by Crippen LogP contribution is -2.57. The zero-order valence-electron chi connectivity index (χ0n) is 15.0. The second-order valence-corrected chi connectivity index (χ2v) is 7.50. The predicted molar refractivity (Wildman–Crippen MR) is 92.0 cm³/mol. The molecule has 1 heterocycles. The van der Waals surface area contributed by atoms with E-state index < -0.39 is 56.3 Å². The summed E-state index contributed by atoms with van der Waals surface area (Å²) < 4.78 is 15.3. The number of nitrogens with zero attached hydrogens (tertiary/aromatic N) is 1. The number of amides is 3. The van der Waals surface area contributed by atoms with Crippen molar-refractivity contribution in [3.8, 4) is 0 Å². The first kappa shape index (κ1) is 23.2. The Hall–Kier alpha value is -1.85. The number of hydrogen-bond acceptors (Lipinski definition) is 7. The molecule has 4 atom stereocenters. The summed E-state index contributed by atoms with van der Waals surface area (Å²) in [5.74, 6) is -2.00. The molecule has 0 bridgehead atoms. The molecule has 1 aliphatic heterocycles. The van der Waals surface area contributed by atoms with Gasteiger partial charge < -0.3 is 35.8 Å². The molecule has 0 saturated carbocycles. The van der Waals surface area contributed by atoms with E-state index in [0.29, 0.717) is 19.1 Å². The summed E-state index contributed by atoms with van der Waals surface area (Å²) in [6.07, 6.45) is 1.39. The minimum atomic E-state index is -4.89. The van der Waals surface area contributed by atoms with E-state index in [9.17, 15) is 23.7 Å². The molecule has 0 aromatic carbocycles. The highest BCUT2D eigenvalue weighted by molar-refractivity contribution is 7.46. The first-order valence-electron chi connectivity index (χ1n) is 8.28. The Kier molecular flexibility index (Phi) is 8.51. The quantitative estimate of drug-likeness (QED) is 0.205. The topological polar surface area (TPSA) is 188 Å². The number of aldehydes is 1. The van der Waals surface area contributed by atoms with Crippen LogP contribution >= 0.6 is 7.82 Å². The van der Waals surface area contributed by atoms with E-state index in [0.717, 1.165) is 0 Å². The number of carbonyl (C=O) groups excluding carboxylic acids is 4. The van der Waals surface area contributed by atoms with Crippen molar-refractivity contribution in [1.82, 2.24) is 15.5 Å². The number of phosphoric acid groups is 1. The first-order chi connectivity index (χ1) is 12.5. The van der Waals surface area contributed by atoms with Crippen molar-refractivity contribution in [2.45, 2.75) is 50.9 Å². The monoisotopic (exact) mass is 408 g/mol. The lowest BCUT2D eigenvalue weighted by Gasteiger charge is -2.29. The SMILES string of the molecule is C[C@H](N)C(=O)N[C@@H](COP(=O)(O)O)C(=O)N1CCC[C@H]1C(=O)N[C@@H](C)C=O. The third-order valence-electron chi connectivity index (χ3n) is 3.85. The maximum absolute atomic E-state index is 12.8. The highest BCUT2D eigenvalue weighted by Gasteiger charge is 2.38. The van der Waals surface area contributed by atoms with Crippen LogP contribution in [0.2, 0.25) is 0 Å². The third-order valence-corrected chi connectivity index (χ3v) is 4.34. The Bertz CT molecular complexity index is 622. The van der Waals surface area contributed by atoms with E-state index in [1.165, 1.54) is 18.7 Å². The fourth-order valence-electron chi connectivity index (χ4n) is 2.51. The van der Waals surface area contributed by atoms with Crippen LogP contribution in [-0.4, -0.2) is 76.0 Å². The summed E-state index contributed by atoms with van der Waals surface area (Å²) in [5, 5.41) is 4.71. The Morgan fingerprint density at radius 2 is 1.96 bits per heavy atom. The number of rotatable bonds is 9. The van der Waals surface area contributed by atoms with Crippen LogP contribution < -0.4 is 16.4 Å². The van der Waals surface area contributed by atoms with Gasteiger partial charge >= 0.3 is 7.82 Å². The lowest BCUT2D eigenvalue weighted by molar-refractivity contribution is -0.142. The number of nitrogens with one attached hydrogen (secondary N) is 2. The molecule has 0 unspecified atom stereocenters. The summed E-state index contributed by atoms with van der Waals surface area (Å²) in [6, 6.07) is -4.01. The average molecular weight is 408 g/mol. The number of likely N-dealkylation sites (tertiary alicyclic amines) is 1. The van der Waals surface area contributed by atoms with Gasteiger partial charge in [0.05, 0.1) is 18.7 Å². The van der Waals surface area contributed by atoms with Crippen molar-refractivity contribution in [3.05, 3.63) is 0 Å². The maximum Gasteiger partial charge on any atom is 0.469 e. The lowest BCUT2D eigenvalue weighted by atomic mass is 10.1. The van der Waals surface area contributed by atoms with E-state index in [4.69, 9.17) is 15.5 Å². The van der Waals surface area contributed by atoms with Gasteiger partial charge in [-0.05, 0) is 26.7 Å². The minimum absolute atomic E-state index is 0.201.